The van der Waals surface area contributed by atoms with Gasteiger partial charge in [0.15, 0.2) is 5.75 Å². The summed E-state index contributed by atoms with van der Waals surface area (Å²) in [6.45, 7) is 1.51. The zero-order valence-corrected chi connectivity index (χ0v) is 7.46. The Morgan fingerprint density at radius 2 is 2.08 bits per heavy atom. The van der Waals surface area contributed by atoms with Crippen molar-refractivity contribution in [1.29, 1.82) is 0 Å². The molecular formula is C6H8N2O3S. The Balaban J connectivity index is 3.33. The maximum atomic E-state index is 10.9. The number of nitrogens with zero attached hydrogens (tertiary/aromatic N) is 2. The molecule has 0 aliphatic heterocycles. The number of sulfone groups is 1. The molecule has 0 amide bonds. The van der Waals surface area contributed by atoms with Gasteiger partial charge in [0.05, 0.1) is 11.9 Å². The molecular weight excluding hydrogens is 180 g/mol. The van der Waals surface area contributed by atoms with E-state index in [0.717, 1.165) is 12.5 Å². The fourth-order valence-electron chi connectivity index (χ4n) is 0.618. The highest BCUT2D eigenvalue weighted by molar-refractivity contribution is 7.90. The largest absolute Gasteiger partial charge is 0.504 e. The van der Waals surface area contributed by atoms with Crippen molar-refractivity contribution in [2.24, 2.45) is 0 Å². The standard InChI is InChI=1S/C6H8N2O3S/c1-4-5(9)3-7-6(8-4)12(2,10)11/h3,9H,1-2H3. The zero-order valence-electron chi connectivity index (χ0n) is 6.64. The van der Waals surface area contributed by atoms with Crippen LogP contribution in [0.1, 0.15) is 5.69 Å². The molecule has 0 atom stereocenters. The molecule has 0 aromatic carbocycles. The summed E-state index contributed by atoms with van der Waals surface area (Å²) in [6.07, 6.45) is 2.08. The van der Waals surface area contributed by atoms with Gasteiger partial charge in [-0.25, -0.2) is 18.4 Å². The van der Waals surface area contributed by atoms with Crippen molar-refractivity contribution in [2.45, 2.75) is 12.1 Å². The predicted octanol–water partition coefficient (Wildman–Crippen LogP) is -0.106. The Kier molecular flexibility index (Phi) is 2.01. The van der Waals surface area contributed by atoms with Crippen molar-refractivity contribution < 1.29 is 13.5 Å². The maximum Gasteiger partial charge on any atom is 0.247 e. The first-order valence-electron chi connectivity index (χ1n) is 3.14. The van der Waals surface area contributed by atoms with Crippen LogP contribution in [-0.2, 0) is 9.84 Å². The van der Waals surface area contributed by atoms with Crippen molar-refractivity contribution in [3.8, 4) is 5.75 Å². The smallest absolute Gasteiger partial charge is 0.247 e. The van der Waals surface area contributed by atoms with E-state index in [1.807, 2.05) is 0 Å². The van der Waals surface area contributed by atoms with Crippen LogP contribution in [0, 0.1) is 6.92 Å². The average Bonchev–Trinajstić information content (AvgIpc) is 1.92. The van der Waals surface area contributed by atoms with Gasteiger partial charge in [0.1, 0.15) is 0 Å². The first kappa shape index (κ1) is 8.92. The minimum atomic E-state index is -3.38. The minimum Gasteiger partial charge on any atom is -0.504 e. The molecule has 1 aromatic heterocycles. The van der Waals surface area contributed by atoms with Gasteiger partial charge in [-0.2, -0.15) is 0 Å². The van der Waals surface area contributed by atoms with Gasteiger partial charge in [-0.1, -0.05) is 0 Å². The molecule has 0 unspecified atom stereocenters. The Hall–Kier alpha value is -1.17. The molecule has 1 heterocycles. The fourth-order valence-corrected chi connectivity index (χ4v) is 1.16. The van der Waals surface area contributed by atoms with Crippen molar-refractivity contribution in [3.05, 3.63) is 11.9 Å². The van der Waals surface area contributed by atoms with Gasteiger partial charge >= 0.3 is 0 Å². The van der Waals surface area contributed by atoms with Crippen LogP contribution in [0.4, 0.5) is 0 Å². The summed E-state index contributed by atoms with van der Waals surface area (Å²) in [7, 11) is -3.38. The molecule has 5 nitrogen and oxygen atoms in total. The van der Waals surface area contributed by atoms with E-state index in [0.29, 0.717) is 0 Å². The molecule has 0 aliphatic rings. The third-order valence-corrected chi connectivity index (χ3v) is 2.12. The first-order chi connectivity index (χ1) is 5.41. The Morgan fingerprint density at radius 3 is 2.50 bits per heavy atom. The average molecular weight is 188 g/mol. The van der Waals surface area contributed by atoms with E-state index in [1.165, 1.54) is 6.92 Å². The number of aromatic hydroxyl groups is 1. The van der Waals surface area contributed by atoms with Gasteiger partial charge in [-0.05, 0) is 6.92 Å². The molecule has 1 N–H and O–H groups in total. The number of hydrogen-bond acceptors (Lipinski definition) is 5. The van der Waals surface area contributed by atoms with Crippen LogP contribution in [-0.4, -0.2) is 29.7 Å². The third-order valence-electron chi connectivity index (χ3n) is 1.26. The second-order valence-corrected chi connectivity index (χ2v) is 4.30. The van der Waals surface area contributed by atoms with E-state index >= 15 is 0 Å². The topological polar surface area (TPSA) is 80.2 Å². The van der Waals surface area contributed by atoms with Crippen LogP contribution in [0.2, 0.25) is 0 Å². The van der Waals surface area contributed by atoms with Gasteiger partial charge < -0.3 is 5.11 Å². The van der Waals surface area contributed by atoms with Crippen molar-refractivity contribution in [1.82, 2.24) is 9.97 Å². The molecule has 0 fully saturated rings. The maximum absolute atomic E-state index is 10.9. The number of aryl methyl sites for hydroxylation is 1. The van der Waals surface area contributed by atoms with Crippen LogP contribution in [0.15, 0.2) is 11.4 Å². The highest BCUT2D eigenvalue weighted by Gasteiger charge is 2.11. The van der Waals surface area contributed by atoms with Crippen LogP contribution in [0.25, 0.3) is 0 Å². The summed E-state index contributed by atoms with van der Waals surface area (Å²) < 4.78 is 21.8. The summed E-state index contributed by atoms with van der Waals surface area (Å²) in [5.41, 5.74) is 0.255. The SMILES string of the molecule is Cc1nc(S(C)(=O)=O)ncc1O. The molecule has 1 aromatic rings. The van der Waals surface area contributed by atoms with Gasteiger partial charge in [0, 0.05) is 6.26 Å². The summed E-state index contributed by atoms with van der Waals surface area (Å²) >= 11 is 0. The second kappa shape index (κ2) is 2.71. The lowest BCUT2D eigenvalue weighted by Gasteiger charge is -1.98. The van der Waals surface area contributed by atoms with Gasteiger partial charge in [0.25, 0.3) is 0 Å². The highest BCUT2D eigenvalue weighted by Crippen LogP contribution is 2.12. The van der Waals surface area contributed by atoms with Gasteiger partial charge in [-0.3, -0.25) is 0 Å². The Bertz CT molecular complexity index is 399. The van der Waals surface area contributed by atoms with Gasteiger partial charge in [-0.15, -0.1) is 0 Å². The Morgan fingerprint density at radius 1 is 1.50 bits per heavy atom. The monoisotopic (exact) mass is 188 g/mol. The van der Waals surface area contributed by atoms with Crippen molar-refractivity contribution in [3.63, 3.8) is 0 Å². The molecule has 6 heteroatoms. The number of hydrogen-bond donors (Lipinski definition) is 1. The van der Waals surface area contributed by atoms with Crippen LogP contribution in [0.3, 0.4) is 0 Å². The van der Waals surface area contributed by atoms with Crippen molar-refractivity contribution >= 4 is 9.84 Å². The lowest BCUT2D eigenvalue weighted by molar-refractivity contribution is 0.460. The van der Waals surface area contributed by atoms with E-state index in [-0.39, 0.29) is 16.6 Å². The lowest BCUT2D eigenvalue weighted by Crippen LogP contribution is -2.04. The van der Waals surface area contributed by atoms with E-state index in [4.69, 9.17) is 5.11 Å². The molecule has 0 saturated heterocycles. The zero-order chi connectivity index (χ0) is 9.35. The summed E-state index contributed by atoms with van der Waals surface area (Å²) in [5, 5.41) is 8.72. The normalized spacial score (nSPS) is 11.5. The Labute approximate surface area is 70.0 Å². The van der Waals surface area contributed by atoms with Crippen molar-refractivity contribution in [2.75, 3.05) is 6.26 Å². The second-order valence-electron chi connectivity index (χ2n) is 2.40. The lowest BCUT2D eigenvalue weighted by atomic mass is 10.4. The molecule has 1 rings (SSSR count). The van der Waals surface area contributed by atoms with E-state index in [1.54, 1.807) is 0 Å². The van der Waals surface area contributed by atoms with E-state index < -0.39 is 9.84 Å². The molecule has 0 aliphatic carbocycles. The molecule has 0 saturated carbocycles. The molecule has 0 radical (unpaired) electrons. The predicted molar refractivity (Wildman–Crippen MR) is 41.5 cm³/mol. The van der Waals surface area contributed by atoms with Crippen LogP contribution in [0.5, 0.6) is 5.75 Å². The minimum absolute atomic E-state index is 0.109. The third kappa shape index (κ3) is 1.70. The van der Waals surface area contributed by atoms with E-state index in [9.17, 15) is 8.42 Å². The summed E-state index contributed by atoms with van der Waals surface area (Å²) in [4.78, 5) is 7.06. The quantitative estimate of drug-likeness (QED) is 0.622. The molecule has 12 heavy (non-hydrogen) atoms. The molecule has 66 valence electrons. The van der Waals surface area contributed by atoms with Crippen LogP contribution < -0.4 is 0 Å². The summed E-state index contributed by atoms with van der Waals surface area (Å²) in [5.74, 6) is -0.109. The van der Waals surface area contributed by atoms with Gasteiger partial charge in [0.2, 0.25) is 15.0 Å². The molecule has 0 bridgehead atoms. The summed E-state index contributed by atoms with van der Waals surface area (Å²) in [6, 6.07) is 0. The fraction of sp³-hybridized carbons (Fsp3) is 0.333. The van der Waals surface area contributed by atoms with Crippen LogP contribution >= 0.6 is 0 Å². The first-order valence-corrected chi connectivity index (χ1v) is 5.03. The van der Waals surface area contributed by atoms with E-state index in [2.05, 4.69) is 9.97 Å². The highest BCUT2D eigenvalue weighted by atomic mass is 32.2. The molecule has 0 spiro atoms. The number of aromatic nitrogens is 2. The number of rotatable bonds is 1.